The van der Waals surface area contributed by atoms with Crippen LogP contribution in [0.1, 0.15) is 45.4 Å². The summed E-state index contributed by atoms with van der Waals surface area (Å²) in [7, 11) is -3.21. The van der Waals surface area contributed by atoms with Crippen molar-refractivity contribution in [3.05, 3.63) is 51.2 Å². The van der Waals surface area contributed by atoms with E-state index >= 15 is 0 Å². The number of rotatable bonds is 5. The van der Waals surface area contributed by atoms with Crippen LogP contribution in [-0.2, 0) is 33.1 Å². The minimum Gasteiger partial charge on any atom is -0.369 e. The SMILES string of the molecule is CCS(=O)(=O)c1ccc(CNC(=O)c2cc3c(s2)C2(CCNCC2)OCC3)cc1. The number of hydrogen-bond acceptors (Lipinski definition) is 6. The summed E-state index contributed by atoms with van der Waals surface area (Å²) < 4.78 is 30.0. The second-order valence-corrected chi connectivity index (χ2v) is 10.9. The van der Waals surface area contributed by atoms with E-state index in [2.05, 4.69) is 10.6 Å². The zero-order chi connectivity index (χ0) is 20.5. The van der Waals surface area contributed by atoms with Gasteiger partial charge in [-0.1, -0.05) is 19.1 Å². The van der Waals surface area contributed by atoms with Gasteiger partial charge in [-0.05, 0) is 61.7 Å². The summed E-state index contributed by atoms with van der Waals surface area (Å²) in [5.41, 5.74) is 1.87. The molecule has 0 aliphatic carbocycles. The van der Waals surface area contributed by atoms with Crippen LogP contribution in [0.15, 0.2) is 35.2 Å². The summed E-state index contributed by atoms with van der Waals surface area (Å²) in [4.78, 5) is 15.0. The zero-order valence-corrected chi connectivity index (χ0v) is 18.1. The molecule has 0 radical (unpaired) electrons. The lowest BCUT2D eigenvalue weighted by molar-refractivity contribution is -0.0771. The molecule has 6 nitrogen and oxygen atoms in total. The van der Waals surface area contributed by atoms with Crippen molar-refractivity contribution in [3.8, 4) is 0 Å². The van der Waals surface area contributed by atoms with Crippen LogP contribution in [0.4, 0.5) is 0 Å². The monoisotopic (exact) mass is 434 g/mol. The molecule has 0 atom stereocenters. The van der Waals surface area contributed by atoms with Crippen molar-refractivity contribution in [2.75, 3.05) is 25.4 Å². The lowest BCUT2D eigenvalue weighted by Gasteiger charge is -2.40. The number of nitrogens with one attached hydrogen (secondary N) is 2. The van der Waals surface area contributed by atoms with E-state index in [1.54, 1.807) is 42.5 Å². The van der Waals surface area contributed by atoms with Gasteiger partial charge in [-0.25, -0.2) is 8.42 Å². The van der Waals surface area contributed by atoms with Crippen molar-refractivity contribution in [3.63, 3.8) is 0 Å². The molecule has 1 aromatic carbocycles. The molecule has 1 aromatic heterocycles. The maximum absolute atomic E-state index is 12.7. The van der Waals surface area contributed by atoms with Crippen LogP contribution in [0.3, 0.4) is 0 Å². The van der Waals surface area contributed by atoms with E-state index < -0.39 is 9.84 Å². The molecule has 1 fully saturated rings. The second kappa shape index (κ2) is 8.18. The Balaban J connectivity index is 1.45. The van der Waals surface area contributed by atoms with Gasteiger partial charge in [-0.15, -0.1) is 11.3 Å². The number of piperidine rings is 1. The smallest absolute Gasteiger partial charge is 0.261 e. The minimum atomic E-state index is -3.21. The third kappa shape index (κ3) is 4.12. The van der Waals surface area contributed by atoms with Crippen LogP contribution in [-0.4, -0.2) is 39.8 Å². The van der Waals surface area contributed by atoms with Crippen LogP contribution in [0.2, 0.25) is 0 Å². The Morgan fingerprint density at radius 3 is 2.66 bits per heavy atom. The molecule has 0 unspecified atom stereocenters. The first kappa shape index (κ1) is 20.5. The lowest BCUT2D eigenvalue weighted by atomic mass is 9.86. The molecule has 0 bridgehead atoms. The Labute approximate surface area is 175 Å². The van der Waals surface area contributed by atoms with Crippen molar-refractivity contribution < 1.29 is 17.9 Å². The van der Waals surface area contributed by atoms with Crippen LogP contribution in [0.25, 0.3) is 0 Å². The van der Waals surface area contributed by atoms with Crippen LogP contribution >= 0.6 is 11.3 Å². The van der Waals surface area contributed by atoms with Gasteiger partial charge in [0.1, 0.15) is 5.60 Å². The maximum Gasteiger partial charge on any atom is 0.261 e. The fourth-order valence-electron chi connectivity index (χ4n) is 3.99. The fourth-order valence-corrected chi connectivity index (χ4v) is 6.20. The van der Waals surface area contributed by atoms with Gasteiger partial charge >= 0.3 is 0 Å². The van der Waals surface area contributed by atoms with Crippen molar-refractivity contribution >= 4 is 27.1 Å². The van der Waals surface area contributed by atoms with E-state index in [9.17, 15) is 13.2 Å². The van der Waals surface area contributed by atoms with Crippen molar-refractivity contribution in [2.45, 2.75) is 43.2 Å². The Kier molecular flexibility index (Phi) is 5.79. The van der Waals surface area contributed by atoms with Gasteiger partial charge in [-0.2, -0.15) is 0 Å². The summed E-state index contributed by atoms with van der Waals surface area (Å²) in [5.74, 6) is -0.0216. The number of amides is 1. The van der Waals surface area contributed by atoms with Crippen LogP contribution in [0, 0.1) is 0 Å². The predicted molar refractivity (Wildman–Crippen MR) is 113 cm³/mol. The Hall–Kier alpha value is -1.74. The summed E-state index contributed by atoms with van der Waals surface area (Å²) in [5, 5.41) is 6.34. The molecule has 1 saturated heterocycles. The normalized spacial score (nSPS) is 18.4. The van der Waals surface area contributed by atoms with Crippen LogP contribution in [0.5, 0.6) is 0 Å². The summed E-state index contributed by atoms with van der Waals surface area (Å²) >= 11 is 1.55. The molecule has 0 saturated carbocycles. The number of fused-ring (bicyclic) bond motifs is 2. The van der Waals surface area contributed by atoms with E-state index in [-0.39, 0.29) is 17.3 Å². The van der Waals surface area contributed by atoms with Gasteiger partial charge in [0.2, 0.25) is 0 Å². The van der Waals surface area contributed by atoms with Gasteiger partial charge in [-0.3, -0.25) is 4.79 Å². The maximum atomic E-state index is 12.7. The predicted octanol–water partition coefficient (Wildman–Crippen LogP) is 2.62. The third-order valence-electron chi connectivity index (χ3n) is 5.72. The van der Waals surface area contributed by atoms with Gasteiger partial charge in [0.15, 0.2) is 9.84 Å². The standard InChI is InChI=1S/C21H26N2O4S2/c1-2-29(25,26)17-5-3-15(4-6-17)14-23-20(24)18-13-16-7-12-27-21(19(16)28-18)8-10-22-11-9-21/h3-6,13,22H,2,7-12,14H2,1H3,(H,23,24). The molecule has 3 heterocycles. The molecule has 4 rings (SSSR count). The molecule has 1 spiro atoms. The quantitative estimate of drug-likeness (QED) is 0.756. The molecule has 2 aliphatic heterocycles. The number of hydrogen-bond donors (Lipinski definition) is 2. The highest BCUT2D eigenvalue weighted by Gasteiger charge is 2.41. The highest BCUT2D eigenvalue weighted by atomic mass is 32.2. The molecular weight excluding hydrogens is 408 g/mol. The molecule has 156 valence electrons. The molecule has 29 heavy (non-hydrogen) atoms. The van der Waals surface area contributed by atoms with Crippen LogP contribution < -0.4 is 10.6 Å². The molecule has 2 aromatic rings. The molecule has 2 aliphatic rings. The Morgan fingerprint density at radius 1 is 1.24 bits per heavy atom. The van der Waals surface area contributed by atoms with Crippen molar-refractivity contribution in [2.24, 2.45) is 0 Å². The topological polar surface area (TPSA) is 84.5 Å². The van der Waals surface area contributed by atoms with Crippen molar-refractivity contribution in [1.82, 2.24) is 10.6 Å². The number of thiophene rings is 1. The van der Waals surface area contributed by atoms with E-state index in [0.29, 0.717) is 22.9 Å². The molecular formula is C21H26N2O4S2. The number of benzene rings is 1. The Bertz CT molecular complexity index is 990. The summed E-state index contributed by atoms with van der Waals surface area (Å²) in [6.45, 7) is 4.56. The first-order valence-electron chi connectivity index (χ1n) is 10.0. The highest BCUT2D eigenvalue weighted by molar-refractivity contribution is 7.91. The first-order valence-corrected chi connectivity index (χ1v) is 12.5. The number of sulfone groups is 1. The van der Waals surface area contributed by atoms with Gasteiger partial charge < -0.3 is 15.4 Å². The largest absolute Gasteiger partial charge is 0.369 e. The molecule has 8 heteroatoms. The summed E-state index contributed by atoms with van der Waals surface area (Å²) in [6, 6.07) is 8.71. The third-order valence-corrected chi connectivity index (χ3v) is 8.84. The second-order valence-electron chi connectivity index (χ2n) is 7.54. The van der Waals surface area contributed by atoms with Gasteiger partial charge in [0.25, 0.3) is 5.91 Å². The number of carbonyl (C=O) groups excluding carboxylic acids is 1. The first-order chi connectivity index (χ1) is 13.9. The van der Waals surface area contributed by atoms with E-state index in [0.717, 1.165) is 37.9 Å². The lowest BCUT2D eigenvalue weighted by Crippen LogP contribution is -2.43. The van der Waals surface area contributed by atoms with E-state index in [4.69, 9.17) is 4.74 Å². The molecule has 2 N–H and O–H groups in total. The van der Waals surface area contributed by atoms with Gasteiger partial charge in [0.05, 0.1) is 22.1 Å². The zero-order valence-electron chi connectivity index (χ0n) is 16.5. The van der Waals surface area contributed by atoms with Gasteiger partial charge in [0, 0.05) is 11.4 Å². The Morgan fingerprint density at radius 2 is 1.97 bits per heavy atom. The number of carbonyl (C=O) groups is 1. The highest BCUT2D eigenvalue weighted by Crippen LogP contribution is 2.44. The van der Waals surface area contributed by atoms with E-state index in [1.165, 1.54) is 10.4 Å². The summed E-state index contributed by atoms with van der Waals surface area (Å²) in [6.07, 6.45) is 2.73. The van der Waals surface area contributed by atoms with Crippen molar-refractivity contribution in [1.29, 1.82) is 0 Å². The fraction of sp³-hybridized carbons (Fsp3) is 0.476. The van der Waals surface area contributed by atoms with E-state index in [1.807, 2.05) is 6.07 Å². The average molecular weight is 435 g/mol. The number of ether oxygens (including phenoxy) is 1. The average Bonchev–Trinajstić information content (AvgIpc) is 3.19. The molecule has 1 amide bonds. The minimum absolute atomic E-state index is 0.0768.